The summed E-state index contributed by atoms with van der Waals surface area (Å²) in [4.78, 5) is 11.9. The van der Waals surface area contributed by atoms with Gasteiger partial charge in [-0.05, 0) is 71.3 Å². The van der Waals surface area contributed by atoms with Crippen molar-refractivity contribution >= 4 is 40.1 Å². The first kappa shape index (κ1) is 29.0. The summed E-state index contributed by atoms with van der Waals surface area (Å²) in [5, 5.41) is 2.96. The third-order valence-corrected chi connectivity index (χ3v) is 17.2. The SMILES string of the molecule is C=C(C)C(=O)NCCC(O[Si](C)(C)C)[SiH](O[Si](C)(C)CCC)O[Si](C)(C)CCC. The Balaban J connectivity index is 5.58. The van der Waals surface area contributed by atoms with Gasteiger partial charge in [-0.25, -0.2) is 0 Å². The molecule has 29 heavy (non-hydrogen) atoms. The molecule has 0 bridgehead atoms. The van der Waals surface area contributed by atoms with E-state index in [1.165, 1.54) is 0 Å². The van der Waals surface area contributed by atoms with Crippen LogP contribution in [0.1, 0.15) is 40.0 Å². The van der Waals surface area contributed by atoms with Crippen molar-refractivity contribution in [2.45, 2.75) is 104 Å². The first-order chi connectivity index (χ1) is 13.1. The van der Waals surface area contributed by atoms with Crippen molar-refractivity contribution in [3.8, 4) is 0 Å². The van der Waals surface area contributed by atoms with E-state index in [1.807, 2.05) is 0 Å². The molecule has 5 nitrogen and oxygen atoms in total. The first-order valence-electron chi connectivity index (χ1n) is 11.1. The average molecular weight is 478 g/mol. The van der Waals surface area contributed by atoms with E-state index in [1.54, 1.807) is 6.92 Å². The van der Waals surface area contributed by atoms with Crippen LogP contribution >= 0.6 is 0 Å². The molecule has 172 valence electrons. The number of carbonyl (C=O) groups is 1. The van der Waals surface area contributed by atoms with Crippen molar-refractivity contribution in [2.75, 3.05) is 6.54 Å². The Morgan fingerprint density at radius 2 is 1.41 bits per heavy atom. The number of carbonyl (C=O) groups excluding carboxylic acids is 1. The molecule has 1 amide bonds. The Hall–Kier alpha value is -0.0425. The summed E-state index contributed by atoms with van der Waals surface area (Å²) in [5.74, 6) is -0.0989. The van der Waals surface area contributed by atoms with Gasteiger partial charge in [0.2, 0.25) is 5.91 Å². The first-order valence-corrected chi connectivity index (χ1v) is 22.3. The monoisotopic (exact) mass is 477 g/mol. The second-order valence-electron chi connectivity index (χ2n) is 10.2. The number of hydrogen-bond donors (Lipinski definition) is 1. The van der Waals surface area contributed by atoms with Gasteiger partial charge in [-0.2, -0.15) is 0 Å². The van der Waals surface area contributed by atoms with Crippen LogP contribution in [-0.2, 0) is 17.5 Å². The lowest BCUT2D eigenvalue weighted by molar-refractivity contribution is -0.117. The van der Waals surface area contributed by atoms with Gasteiger partial charge in [-0.15, -0.1) is 0 Å². The summed E-state index contributed by atoms with van der Waals surface area (Å²) in [6, 6.07) is 2.25. The van der Waals surface area contributed by atoms with Crippen LogP contribution in [0.15, 0.2) is 12.2 Å². The Morgan fingerprint density at radius 3 is 1.76 bits per heavy atom. The molecular formula is C20H47NO4Si4. The van der Waals surface area contributed by atoms with Crippen molar-refractivity contribution in [3.63, 3.8) is 0 Å². The molecule has 0 saturated heterocycles. The van der Waals surface area contributed by atoms with E-state index >= 15 is 0 Å². The number of rotatable bonds is 15. The van der Waals surface area contributed by atoms with Crippen LogP contribution in [0.3, 0.4) is 0 Å². The molecule has 0 saturated carbocycles. The Kier molecular flexibility index (Phi) is 12.7. The van der Waals surface area contributed by atoms with Crippen LogP contribution in [0.4, 0.5) is 0 Å². The van der Waals surface area contributed by atoms with Crippen molar-refractivity contribution in [1.82, 2.24) is 5.32 Å². The highest BCUT2D eigenvalue weighted by atomic mass is 28.4. The van der Waals surface area contributed by atoms with E-state index in [4.69, 9.17) is 12.7 Å². The van der Waals surface area contributed by atoms with E-state index in [0.717, 1.165) is 31.4 Å². The predicted molar refractivity (Wildman–Crippen MR) is 135 cm³/mol. The minimum Gasteiger partial charge on any atom is -0.437 e. The van der Waals surface area contributed by atoms with Crippen LogP contribution in [0.2, 0.25) is 57.9 Å². The molecule has 1 atom stereocenters. The molecule has 0 spiro atoms. The van der Waals surface area contributed by atoms with Gasteiger partial charge in [-0.3, -0.25) is 4.79 Å². The molecule has 0 aliphatic carbocycles. The van der Waals surface area contributed by atoms with E-state index in [9.17, 15) is 4.79 Å². The van der Waals surface area contributed by atoms with Crippen LogP contribution in [0.25, 0.3) is 0 Å². The molecule has 1 N–H and O–H groups in total. The van der Waals surface area contributed by atoms with E-state index in [2.05, 4.69) is 71.6 Å². The lowest BCUT2D eigenvalue weighted by Gasteiger charge is -2.39. The Labute approximate surface area is 185 Å². The maximum Gasteiger partial charge on any atom is 0.329 e. The topological polar surface area (TPSA) is 56.8 Å². The highest BCUT2D eigenvalue weighted by Gasteiger charge is 2.40. The van der Waals surface area contributed by atoms with Crippen molar-refractivity contribution in [2.24, 2.45) is 0 Å². The number of amides is 1. The fraction of sp³-hybridized carbons (Fsp3) is 0.850. The molecule has 0 aliphatic rings. The van der Waals surface area contributed by atoms with Gasteiger partial charge >= 0.3 is 9.28 Å². The van der Waals surface area contributed by atoms with E-state index in [0.29, 0.717) is 12.1 Å². The van der Waals surface area contributed by atoms with Gasteiger partial charge in [0.05, 0.1) is 5.73 Å². The van der Waals surface area contributed by atoms with Crippen molar-refractivity contribution in [3.05, 3.63) is 12.2 Å². The summed E-state index contributed by atoms with van der Waals surface area (Å²) in [5.41, 5.74) is 0.487. The van der Waals surface area contributed by atoms with Crippen LogP contribution in [-0.4, -0.2) is 52.4 Å². The van der Waals surface area contributed by atoms with Crippen LogP contribution < -0.4 is 5.32 Å². The molecule has 1 unspecified atom stereocenters. The summed E-state index contributed by atoms with van der Waals surface area (Å²) in [7, 11) is -7.51. The fourth-order valence-corrected chi connectivity index (χ4v) is 16.7. The summed E-state index contributed by atoms with van der Waals surface area (Å²) in [6.45, 7) is 26.2. The van der Waals surface area contributed by atoms with Gasteiger partial charge in [-0.1, -0.05) is 33.3 Å². The molecule has 0 aromatic carbocycles. The third kappa shape index (κ3) is 13.8. The average Bonchev–Trinajstić information content (AvgIpc) is 2.51. The lowest BCUT2D eigenvalue weighted by Crippen LogP contribution is -2.55. The summed E-state index contributed by atoms with van der Waals surface area (Å²) >= 11 is 0. The highest BCUT2D eigenvalue weighted by molar-refractivity contribution is 6.82. The second kappa shape index (κ2) is 12.7. The smallest absolute Gasteiger partial charge is 0.329 e. The van der Waals surface area contributed by atoms with Gasteiger partial charge < -0.3 is 18.0 Å². The zero-order chi connectivity index (χ0) is 22.9. The maximum absolute atomic E-state index is 11.9. The predicted octanol–water partition coefficient (Wildman–Crippen LogP) is 5.31. The fourth-order valence-electron chi connectivity index (χ4n) is 3.31. The van der Waals surface area contributed by atoms with Crippen LogP contribution in [0.5, 0.6) is 0 Å². The second-order valence-corrected chi connectivity index (χ2v) is 26.1. The third-order valence-electron chi connectivity index (χ3n) is 4.49. The van der Waals surface area contributed by atoms with Gasteiger partial charge in [0, 0.05) is 12.1 Å². The number of nitrogens with one attached hydrogen (secondary N) is 1. The maximum atomic E-state index is 11.9. The molecule has 9 heteroatoms. The molecule has 0 fully saturated rings. The molecule has 0 rings (SSSR count). The molecule has 0 heterocycles. The van der Waals surface area contributed by atoms with Crippen molar-refractivity contribution in [1.29, 1.82) is 0 Å². The lowest BCUT2D eigenvalue weighted by atomic mass is 10.3. The molecular weight excluding hydrogens is 431 g/mol. The zero-order valence-electron chi connectivity index (χ0n) is 20.7. The Bertz CT molecular complexity index is 501. The van der Waals surface area contributed by atoms with E-state index < -0.39 is 34.2 Å². The number of hydrogen-bond acceptors (Lipinski definition) is 4. The standard InChI is InChI=1S/C20H47NO4Si4/c1-12-16-28(8,9)24-26(25-29(10,11)17-13-2)19(23-27(5,6)7)14-15-21-20(22)18(3)4/h19,26H,3,12-17H2,1-2,4-11H3,(H,21,22). The van der Waals surface area contributed by atoms with Crippen LogP contribution in [0, 0.1) is 0 Å². The highest BCUT2D eigenvalue weighted by Crippen LogP contribution is 2.25. The molecule has 0 aromatic heterocycles. The summed E-state index contributed by atoms with van der Waals surface area (Å²) < 4.78 is 20.3. The molecule has 0 radical (unpaired) electrons. The van der Waals surface area contributed by atoms with Gasteiger partial charge in [0.25, 0.3) is 0 Å². The Morgan fingerprint density at radius 1 is 0.966 bits per heavy atom. The summed E-state index contributed by atoms with van der Waals surface area (Å²) in [6.07, 6.45) is 2.99. The van der Waals surface area contributed by atoms with Crippen molar-refractivity contribution < 1.29 is 17.5 Å². The molecule has 0 aromatic rings. The van der Waals surface area contributed by atoms with E-state index in [-0.39, 0.29) is 11.6 Å². The van der Waals surface area contributed by atoms with Gasteiger partial charge in [0.1, 0.15) is 0 Å². The zero-order valence-corrected chi connectivity index (χ0v) is 24.9. The largest absolute Gasteiger partial charge is 0.437 e. The normalized spacial score (nSPS) is 14.2. The minimum absolute atomic E-state index is 0.0423. The minimum atomic E-state index is -2.09. The van der Waals surface area contributed by atoms with Gasteiger partial charge in [0.15, 0.2) is 25.0 Å². The quantitative estimate of drug-likeness (QED) is 0.256. The molecule has 0 aliphatic heterocycles.